The number of halogens is 2. The van der Waals surface area contributed by atoms with Crippen LogP contribution in [0.15, 0.2) is 72.8 Å². The van der Waals surface area contributed by atoms with Crippen molar-refractivity contribution in [2.24, 2.45) is 0 Å². The van der Waals surface area contributed by atoms with E-state index in [9.17, 15) is 0 Å². The van der Waals surface area contributed by atoms with Crippen molar-refractivity contribution in [2.75, 3.05) is 0 Å². The fraction of sp³-hybridized carbons (Fsp3) is 0. The van der Waals surface area contributed by atoms with Gasteiger partial charge in [-0.1, -0.05) is 72.8 Å². The second kappa shape index (κ2) is 5.53. The molecular formula is C20H14Br2. The Morgan fingerprint density at radius 2 is 0.636 bits per heavy atom. The number of fused-ring (bicyclic) bond motifs is 2. The highest BCUT2D eigenvalue weighted by Gasteiger charge is 2.11. The Morgan fingerprint density at radius 1 is 0.364 bits per heavy atom. The fourth-order valence-electron chi connectivity index (χ4n) is 3.58. The first-order valence-corrected chi connectivity index (χ1v) is 6.98. The van der Waals surface area contributed by atoms with Crippen molar-refractivity contribution in [3.63, 3.8) is 0 Å². The molecule has 0 spiro atoms. The van der Waals surface area contributed by atoms with Crippen LogP contribution in [0.4, 0.5) is 0 Å². The zero-order chi connectivity index (χ0) is 13.1. The van der Waals surface area contributed by atoms with Crippen LogP contribution in [0.5, 0.6) is 0 Å². The number of hydrogen-bond acceptors (Lipinski definition) is 0. The van der Waals surface area contributed by atoms with Gasteiger partial charge in [0, 0.05) is 0 Å². The molecule has 22 heavy (non-hydrogen) atoms. The minimum atomic E-state index is 0. The Kier molecular flexibility index (Phi) is 3.84. The van der Waals surface area contributed by atoms with Crippen molar-refractivity contribution in [3.8, 4) is 0 Å². The zero-order valence-corrected chi connectivity index (χ0v) is 15.2. The van der Waals surface area contributed by atoms with E-state index in [1.54, 1.807) is 0 Å². The molecule has 0 aliphatic rings. The molecule has 0 aliphatic carbocycles. The van der Waals surface area contributed by atoms with Crippen LogP contribution in [0.1, 0.15) is 0 Å². The highest BCUT2D eigenvalue weighted by atomic mass is 79.9. The summed E-state index contributed by atoms with van der Waals surface area (Å²) in [7, 11) is 0. The van der Waals surface area contributed by atoms with Gasteiger partial charge in [-0.25, -0.2) is 0 Å². The van der Waals surface area contributed by atoms with Crippen molar-refractivity contribution >= 4 is 77.1 Å². The quantitative estimate of drug-likeness (QED) is 0.191. The number of benzene rings is 5. The maximum Gasteiger partial charge on any atom is -0.00264 e. The Hall–Kier alpha value is -1.64. The number of rotatable bonds is 0. The standard InChI is InChI=1S/C20H12.2BrH/c1-5-13-6-2-11-17-18-12-4-8-14-7-3-10-16(20(14)18)15(9-1)19(13)17;;/h1-12H;2*1H. The smallest absolute Gasteiger partial charge is 0.00264 e. The molecule has 5 rings (SSSR count). The molecule has 0 fully saturated rings. The monoisotopic (exact) mass is 412 g/mol. The van der Waals surface area contributed by atoms with Crippen LogP contribution >= 0.6 is 34.0 Å². The molecule has 0 amide bonds. The lowest BCUT2D eigenvalue weighted by Gasteiger charge is -2.13. The lowest BCUT2D eigenvalue weighted by molar-refractivity contribution is 1.78. The van der Waals surface area contributed by atoms with Gasteiger partial charge in [0.25, 0.3) is 0 Å². The van der Waals surface area contributed by atoms with E-state index in [0.717, 1.165) is 0 Å². The maximum absolute atomic E-state index is 2.25. The average molecular weight is 414 g/mol. The summed E-state index contributed by atoms with van der Waals surface area (Å²) in [6.07, 6.45) is 0. The second-order valence-corrected chi connectivity index (χ2v) is 5.42. The number of hydrogen-bond donors (Lipinski definition) is 0. The van der Waals surface area contributed by atoms with E-state index in [1.807, 2.05) is 0 Å². The van der Waals surface area contributed by atoms with E-state index in [2.05, 4.69) is 72.8 Å². The van der Waals surface area contributed by atoms with Crippen molar-refractivity contribution in [1.82, 2.24) is 0 Å². The summed E-state index contributed by atoms with van der Waals surface area (Å²) in [6.45, 7) is 0. The molecule has 0 bridgehead atoms. The zero-order valence-electron chi connectivity index (χ0n) is 11.7. The molecule has 0 radical (unpaired) electrons. The largest absolute Gasteiger partial charge is 0.114 e. The first kappa shape index (κ1) is 15.3. The third-order valence-electron chi connectivity index (χ3n) is 4.39. The van der Waals surface area contributed by atoms with Crippen molar-refractivity contribution in [3.05, 3.63) is 72.8 Å². The highest BCUT2D eigenvalue weighted by molar-refractivity contribution is 8.93. The van der Waals surface area contributed by atoms with Gasteiger partial charge in [-0.15, -0.1) is 34.0 Å². The van der Waals surface area contributed by atoms with Gasteiger partial charge in [0.15, 0.2) is 0 Å². The van der Waals surface area contributed by atoms with Gasteiger partial charge < -0.3 is 0 Å². The first-order valence-electron chi connectivity index (χ1n) is 6.98. The molecule has 0 saturated heterocycles. The minimum Gasteiger partial charge on any atom is -0.114 e. The molecule has 0 unspecified atom stereocenters. The Morgan fingerprint density at radius 3 is 0.909 bits per heavy atom. The van der Waals surface area contributed by atoms with Crippen molar-refractivity contribution < 1.29 is 0 Å². The summed E-state index contributed by atoms with van der Waals surface area (Å²) in [4.78, 5) is 0. The molecular weight excluding hydrogens is 400 g/mol. The molecule has 0 N–H and O–H groups in total. The molecule has 0 aliphatic heterocycles. The Labute approximate surface area is 149 Å². The van der Waals surface area contributed by atoms with Crippen molar-refractivity contribution in [2.45, 2.75) is 0 Å². The average Bonchev–Trinajstić information content (AvgIpc) is 2.52. The predicted octanol–water partition coefficient (Wildman–Crippen LogP) is 6.89. The van der Waals surface area contributed by atoms with E-state index in [4.69, 9.17) is 0 Å². The Bertz CT molecular complexity index is 927. The molecule has 0 atom stereocenters. The lowest BCUT2D eigenvalue weighted by Crippen LogP contribution is -1.85. The van der Waals surface area contributed by atoms with Gasteiger partial charge in [-0.2, -0.15) is 0 Å². The summed E-state index contributed by atoms with van der Waals surface area (Å²) in [5.41, 5.74) is 0. The molecule has 5 aromatic carbocycles. The summed E-state index contributed by atoms with van der Waals surface area (Å²) >= 11 is 0. The van der Waals surface area contributed by atoms with Gasteiger partial charge in [-0.3, -0.25) is 0 Å². The highest BCUT2D eigenvalue weighted by Crippen LogP contribution is 2.39. The van der Waals surface area contributed by atoms with E-state index in [0.29, 0.717) is 0 Å². The molecule has 2 heteroatoms. The van der Waals surface area contributed by atoms with Gasteiger partial charge in [0.1, 0.15) is 0 Å². The van der Waals surface area contributed by atoms with Crippen LogP contribution in [0.3, 0.4) is 0 Å². The lowest BCUT2D eigenvalue weighted by atomic mass is 9.90. The molecule has 5 aromatic rings. The second-order valence-electron chi connectivity index (χ2n) is 5.42. The summed E-state index contributed by atoms with van der Waals surface area (Å²) in [5.74, 6) is 0. The predicted molar refractivity (Wildman–Crippen MR) is 108 cm³/mol. The molecule has 0 aromatic heterocycles. The van der Waals surface area contributed by atoms with Crippen LogP contribution in [0.25, 0.3) is 43.1 Å². The van der Waals surface area contributed by atoms with Crippen LogP contribution in [-0.4, -0.2) is 0 Å². The van der Waals surface area contributed by atoms with Gasteiger partial charge in [-0.05, 0) is 43.1 Å². The third kappa shape index (κ3) is 1.87. The summed E-state index contributed by atoms with van der Waals surface area (Å²) < 4.78 is 0. The van der Waals surface area contributed by atoms with Crippen LogP contribution in [-0.2, 0) is 0 Å². The fourth-order valence-corrected chi connectivity index (χ4v) is 3.58. The van der Waals surface area contributed by atoms with Gasteiger partial charge in [0.05, 0.1) is 0 Å². The van der Waals surface area contributed by atoms with E-state index in [-0.39, 0.29) is 34.0 Å². The third-order valence-corrected chi connectivity index (χ3v) is 4.39. The minimum absolute atomic E-state index is 0. The molecule has 0 nitrogen and oxygen atoms in total. The topological polar surface area (TPSA) is 0 Å². The maximum atomic E-state index is 2.25. The van der Waals surface area contributed by atoms with Gasteiger partial charge >= 0.3 is 0 Å². The molecule has 0 heterocycles. The van der Waals surface area contributed by atoms with E-state index >= 15 is 0 Å². The summed E-state index contributed by atoms with van der Waals surface area (Å²) in [6, 6.07) is 26.4. The normalized spacial score (nSPS) is 10.9. The molecule has 108 valence electrons. The summed E-state index contributed by atoms with van der Waals surface area (Å²) in [5, 5.41) is 10.9. The van der Waals surface area contributed by atoms with E-state index in [1.165, 1.54) is 43.1 Å². The first-order chi connectivity index (χ1) is 9.93. The van der Waals surface area contributed by atoms with Crippen LogP contribution in [0, 0.1) is 0 Å². The van der Waals surface area contributed by atoms with E-state index < -0.39 is 0 Å². The Balaban J connectivity index is 0.000000720. The molecule has 0 saturated carbocycles. The SMILES string of the molecule is Br.Br.c1cc2cccc3c4cccc5cccc(c(c1)c23)c54. The van der Waals surface area contributed by atoms with Crippen molar-refractivity contribution in [1.29, 1.82) is 0 Å². The van der Waals surface area contributed by atoms with Crippen LogP contribution in [0.2, 0.25) is 0 Å². The van der Waals surface area contributed by atoms with Gasteiger partial charge in [0.2, 0.25) is 0 Å². The van der Waals surface area contributed by atoms with Crippen LogP contribution < -0.4 is 0 Å².